The van der Waals surface area contributed by atoms with Crippen LogP contribution in [0, 0.1) is 32.8 Å². The van der Waals surface area contributed by atoms with Gasteiger partial charge in [0, 0.05) is 110 Å². The SMILES string of the molecule is [CH2-]C(CC)COc1ncc(/C=C/c2ccc(N(C)C)cc2)cc1[123I].[CH2-]C(CC)COc1ncc(/C=C/c2ccc(NC)cc2)cc1[123I].[Y].[Y]. The van der Waals surface area contributed by atoms with Gasteiger partial charge in [0.15, 0.2) is 0 Å². The molecule has 49 heavy (non-hydrogen) atoms. The maximum atomic E-state index is 5.73. The summed E-state index contributed by atoms with van der Waals surface area (Å²) in [5, 5.41) is 3.11. The first kappa shape index (κ1) is 46.1. The van der Waals surface area contributed by atoms with Crippen LogP contribution in [0.3, 0.4) is 0 Å². The van der Waals surface area contributed by atoms with Gasteiger partial charge in [-0.05, 0) is 104 Å². The van der Waals surface area contributed by atoms with Gasteiger partial charge in [-0.1, -0.05) is 75.3 Å². The van der Waals surface area contributed by atoms with Crippen molar-refractivity contribution in [2.24, 2.45) is 11.8 Å². The van der Waals surface area contributed by atoms with Crippen LogP contribution in [0.5, 0.6) is 11.8 Å². The van der Waals surface area contributed by atoms with Gasteiger partial charge in [0.1, 0.15) is 0 Å². The van der Waals surface area contributed by atoms with Crippen LogP contribution in [0.25, 0.3) is 24.3 Å². The second-order valence-electron chi connectivity index (χ2n) is 11.3. The molecule has 0 spiro atoms. The van der Waals surface area contributed by atoms with Crippen LogP contribution in [0.1, 0.15) is 48.9 Å². The van der Waals surface area contributed by atoms with Gasteiger partial charge in [0.25, 0.3) is 0 Å². The molecule has 2 atom stereocenters. The average molecular weight is 1030 g/mol. The van der Waals surface area contributed by atoms with Gasteiger partial charge in [-0.2, -0.15) is 0 Å². The molecule has 2 unspecified atom stereocenters. The Bertz CT molecular complexity index is 1580. The predicted octanol–water partition coefficient (Wildman–Crippen LogP) is 10.3. The number of aromatic nitrogens is 2. The molecule has 2 aromatic heterocycles. The number of hydrogen-bond acceptors (Lipinski definition) is 6. The van der Waals surface area contributed by atoms with Gasteiger partial charge in [-0.3, -0.25) is 0 Å². The van der Waals surface area contributed by atoms with E-state index in [4.69, 9.17) is 9.47 Å². The average Bonchev–Trinajstić information content (AvgIpc) is 3.09. The molecule has 6 nitrogen and oxygen atoms in total. The molecule has 4 aromatic rings. The van der Waals surface area contributed by atoms with Crippen molar-refractivity contribution in [3.63, 3.8) is 0 Å². The Labute approximate surface area is 372 Å². The number of benzene rings is 2. The normalized spacial score (nSPS) is 11.9. The molecule has 0 bridgehead atoms. The second-order valence-corrected chi connectivity index (χ2v) is 13.6. The number of pyridine rings is 2. The van der Waals surface area contributed by atoms with Gasteiger partial charge in [-0.25, -0.2) is 9.97 Å². The Hall–Kier alpha value is -0.912. The summed E-state index contributed by atoms with van der Waals surface area (Å²) in [6.07, 6.45) is 14.0. The molecule has 1 N–H and O–H groups in total. The Balaban J connectivity index is 0.000000471. The van der Waals surface area contributed by atoms with Crippen LogP contribution in [0.2, 0.25) is 0 Å². The van der Waals surface area contributed by atoms with E-state index in [0.29, 0.717) is 36.8 Å². The van der Waals surface area contributed by atoms with Gasteiger partial charge >= 0.3 is 0 Å². The van der Waals surface area contributed by atoms with Crippen LogP contribution in [-0.4, -0.2) is 44.3 Å². The number of anilines is 2. The Morgan fingerprint density at radius 1 is 0.694 bits per heavy atom. The first-order valence-corrected chi connectivity index (χ1v) is 17.9. The number of nitrogens with one attached hydrogen (secondary N) is 1. The summed E-state index contributed by atoms with van der Waals surface area (Å²) < 4.78 is 13.5. The Morgan fingerprint density at radius 3 is 1.43 bits per heavy atom. The van der Waals surface area contributed by atoms with Crippen LogP contribution in [0.4, 0.5) is 11.4 Å². The van der Waals surface area contributed by atoms with Crippen LogP contribution in [0.15, 0.2) is 73.1 Å². The third kappa shape index (κ3) is 17.0. The number of nitrogens with zero attached hydrogens (tertiary/aromatic N) is 3. The first-order chi connectivity index (χ1) is 22.6. The molecule has 0 saturated carbocycles. The van der Waals surface area contributed by atoms with E-state index in [0.717, 1.165) is 42.4 Å². The van der Waals surface area contributed by atoms with Gasteiger partial charge in [0.2, 0.25) is 11.8 Å². The molecular formula is C39H46I2N4O2Y2-2. The number of rotatable bonds is 14. The Morgan fingerprint density at radius 2 is 1.08 bits per heavy atom. The molecule has 0 aliphatic heterocycles. The van der Waals surface area contributed by atoms with E-state index < -0.39 is 0 Å². The molecular weight excluding hydrogens is 980 g/mol. The third-order valence-corrected chi connectivity index (χ3v) is 8.81. The molecule has 2 heterocycles. The zero-order valence-corrected chi connectivity index (χ0v) is 39.2. The largest absolute Gasteiger partial charge is 0.479 e. The van der Waals surface area contributed by atoms with Crippen molar-refractivity contribution in [3.8, 4) is 11.8 Å². The molecule has 10 heteroatoms. The molecule has 0 aliphatic carbocycles. The maximum Gasteiger partial charge on any atom is 0.226 e. The Kier molecular flexibility index (Phi) is 23.6. The fourth-order valence-corrected chi connectivity index (χ4v) is 5.24. The predicted molar refractivity (Wildman–Crippen MR) is 218 cm³/mol. The summed E-state index contributed by atoms with van der Waals surface area (Å²) in [7, 11) is 6.00. The minimum absolute atomic E-state index is 0. The van der Waals surface area contributed by atoms with Crippen molar-refractivity contribution in [1.29, 1.82) is 0 Å². The van der Waals surface area contributed by atoms with Gasteiger partial charge < -0.3 is 33.5 Å². The molecule has 2 aromatic carbocycles. The van der Waals surface area contributed by atoms with E-state index >= 15 is 0 Å². The molecule has 0 fully saturated rings. The molecule has 0 amide bonds. The number of hydrogen-bond donors (Lipinski definition) is 1. The fourth-order valence-electron chi connectivity index (χ4n) is 3.93. The minimum Gasteiger partial charge on any atom is -0.479 e. The molecule has 4 rings (SSSR count). The molecule has 0 aliphatic rings. The molecule has 0 saturated heterocycles. The van der Waals surface area contributed by atoms with E-state index in [1.54, 1.807) is 0 Å². The van der Waals surface area contributed by atoms with Crippen molar-refractivity contribution in [1.82, 2.24) is 9.97 Å². The standard InChI is InChI=1S/C20H24IN2O.C19H22IN2O.2Y/c1-5-15(2)14-24-20-19(21)12-17(13-22-20)7-6-16-8-10-18(11-9-16)23(3)4;1-4-14(2)13-23-19-18(20)11-16(12-22-19)6-5-15-7-9-17(21-3)10-8-15;;/h6-13,15H,2,5,14H2,1,3-4H3;5-12,14,21H,2,4,13H2,1,3H3;;/q2*-1;;/b7-6+;6-5+;;/i21-4;20-4;;. The van der Waals surface area contributed by atoms with Crippen molar-refractivity contribution >= 4 is 80.9 Å². The summed E-state index contributed by atoms with van der Waals surface area (Å²) in [4.78, 5) is 10.9. The number of halogens is 2. The quantitative estimate of drug-likeness (QED) is 0.100. The van der Waals surface area contributed by atoms with E-state index in [1.807, 2.05) is 33.5 Å². The van der Waals surface area contributed by atoms with E-state index in [-0.39, 0.29) is 65.4 Å². The molecule has 256 valence electrons. The first-order valence-electron chi connectivity index (χ1n) is 15.8. The zero-order chi connectivity index (χ0) is 34.2. The smallest absolute Gasteiger partial charge is 0.226 e. The maximum absolute atomic E-state index is 5.73. The van der Waals surface area contributed by atoms with Gasteiger partial charge in [-0.15, -0.1) is 11.8 Å². The van der Waals surface area contributed by atoms with Crippen molar-refractivity contribution in [2.45, 2.75) is 26.7 Å². The molecule has 2 radical (unpaired) electrons. The fraction of sp³-hybridized carbons (Fsp3) is 0.282. The van der Waals surface area contributed by atoms with Crippen LogP contribution in [-0.2, 0) is 65.4 Å². The van der Waals surface area contributed by atoms with Crippen LogP contribution >= 0.6 is 45.2 Å². The summed E-state index contributed by atoms with van der Waals surface area (Å²) in [5.41, 5.74) is 6.74. The van der Waals surface area contributed by atoms with Crippen molar-refractivity contribution in [2.75, 3.05) is 44.6 Å². The second kappa shape index (κ2) is 25.1. The van der Waals surface area contributed by atoms with Crippen molar-refractivity contribution < 1.29 is 74.9 Å². The van der Waals surface area contributed by atoms with E-state index in [2.05, 4.69) is 178 Å². The van der Waals surface area contributed by atoms with Crippen LogP contribution < -0.4 is 19.7 Å². The topological polar surface area (TPSA) is 59.5 Å². The van der Waals surface area contributed by atoms with Crippen molar-refractivity contribution in [3.05, 3.63) is 116 Å². The summed E-state index contributed by atoms with van der Waals surface area (Å²) in [6, 6.07) is 20.9. The summed E-state index contributed by atoms with van der Waals surface area (Å²) >= 11 is 4.52. The zero-order valence-electron chi connectivity index (χ0n) is 29.2. The van der Waals surface area contributed by atoms with Gasteiger partial charge in [0.05, 0.1) is 20.4 Å². The summed E-state index contributed by atoms with van der Waals surface area (Å²) in [6.45, 7) is 13.5. The van der Waals surface area contributed by atoms with E-state index in [1.165, 1.54) is 11.3 Å². The van der Waals surface area contributed by atoms with E-state index in [9.17, 15) is 0 Å². The minimum atomic E-state index is 0. The third-order valence-electron chi connectivity index (χ3n) is 7.27. The summed E-state index contributed by atoms with van der Waals surface area (Å²) in [5.74, 6) is 1.97. The monoisotopic (exact) mass is 1030 g/mol. The number of ether oxygens (including phenoxy) is 2.